The summed E-state index contributed by atoms with van der Waals surface area (Å²) in [5.41, 5.74) is 1.21. The molecule has 1 N–H and O–H groups in total. The third kappa shape index (κ3) is 9.24. The second-order valence-corrected chi connectivity index (χ2v) is 1.62. The zero-order chi connectivity index (χ0) is 7.82. The van der Waals surface area contributed by atoms with Crippen LogP contribution in [-0.4, -0.2) is 16.6 Å². The fraction of sp³-hybridized carbons (Fsp3) is 0.143. The average Bonchev–Trinajstić information content (AvgIpc) is 1.91. The van der Waals surface area contributed by atoms with Gasteiger partial charge in [0.25, 0.3) is 0 Å². The van der Waals surface area contributed by atoms with Gasteiger partial charge < -0.3 is 9.90 Å². The van der Waals surface area contributed by atoms with Gasteiger partial charge >= 0.3 is 0 Å². The molecule has 1 heterocycles. The second-order valence-electron chi connectivity index (χ2n) is 1.62. The first-order valence-electron chi connectivity index (χ1n) is 2.69. The standard InChI is InChI=1S/C6H7N.CHO2.Zn/c1-6-3-2-4-7-5-6;2-1-3;/h2-5H,1H3;(H,2,3);/q;-1;. The fourth-order valence-electron chi connectivity index (χ4n) is 0.448. The van der Waals surface area contributed by atoms with E-state index in [0.29, 0.717) is 6.47 Å². The Morgan fingerprint density at radius 3 is 2.36 bits per heavy atom. The Morgan fingerprint density at radius 1 is 1.64 bits per heavy atom. The summed E-state index contributed by atoms with van der Waals surface area (Å²) in [6, 6.07) is 3.95. The van der Waals surface area contributed by atoms with Gasteiger partial charge in [0.05, 0.1) is 0 Å². The van der Waals surface area contributed by atoms with E-state index < -0.39 is 0 Å². The average molecular weight is 204 g/mol. The molecule has 0 aliphatic rings. The summed E-state index contributed by atoms with van der Waals surface area (Å²) in [5.74, 6) is 0. The Balaban J connectivity index is 0. The van der Waals surface area contributed by atoms with E-state index in [0.717, 1.165) is 0 Å². The SMILES string of the molecule is Cc1cccnc1.O=[C-]O.[Zn]. The number of aromatic nitrogens is 1. The summed E-state index contributed by atoms with van der Waals surface area (Å²) in [5, 5.41) is 6.76. The van der Waals surface area contributed by atoms with Crippen molar-refractivity contribution in [3.05, 3.63) is 30.1 Å². The molecule has 0 atom stereocenters. The molecular weight excluding hydrogens is 195 g/mol. The van der Waals surface area contributed by atoms with E-state index in [9.17, 15) is 0 Å². The number of rotatable bonds is 0. The van der Waals surface area contributed by atoms with Crippen LogP contribution in [0.2, 0.25) is 0 Å². The van der Waals surface area contributed by atoms with Gasteiger partial charge in [-0.05, 0) is 18.6 Å². The number of aliphatic hydroxyl groups excluding tert-OH is 1. The van der Waals surface area contributed by atoms with Crippen LogP contribution in [-0.2, 0) is 24.3 Å². The molecule has 56 valence electrons. The summed E-state index contributed by atoms with van der Waals surface area (Å²) < 4.78 is 0. The van der Waals surface area contributed by atoms with Crippen molar-refractivity contribution in [3.8, 4) is 0 Å². The minimum atomic E-state index is 0. The molecule has 0 aromatic carbocycles. The Kier molecular flexibility index (Phi) is 10.8. The maximum absolute atomic E-state index is 8.24. The van der Waals surface area contributed by atoms with Crippen LogP contribution >= 0.6 is 0 Å². The van der Waals surface area contributed by atoms with Gasteiger partial charge in [0.2, 0.25) is 0 Å². The largest absolute Gasteiger partial charge is 0.665 e. The first kappa shape index (κ1) is 12.9. The van der Waals surface area contributed by atoms with E-state index >= 15 is 0 Å². The third-order valence-corrected chi connectivity index (χ3v) is 0.809. The maximum atomic E-state index is 8.24. The zero-order valence-corrected chi connectivity index (χ0v) is 9.29. The predicted octanol–water partition coefficient (Wildman–Crippen LogP) is 0.999. The smallest absolute Gasteiger partial charge is 0.0297 e. The number of nitrogens with zero attached hydrogens (tertiary/aromatic N) is 1. The van der Waals surface area contributed by atoms with Crippen LogP contribution in [0.3, 0.4) is 0 Å². The number of pyridine rings is 1. The van der Waals surface area contributed by atoms with Crippen molar-refractivity contribution in [2.75, 3.05) is 0 Å². The molecule has 0 spiro atoms. The van der Waals surface area contributed by atoms with Gasteiger partial charge in [-0.2, -0.15) is 0 Å². The van der Waals surface area contributed by atoms with Gasteiger partial charge in [-0.3, -0.25) is 4.98 Å². The Labute approximate surface area is 78.2 Å². The fourth-order valence-corrected chi connectivity index (χ4v) is 0.448. The number of aryl methyl sites for hydroxylation is 1. The molecule has 11 heavy (non-hydrogen) atoms. The van der Waals surface area contributed by atoms with Gasteiger partial charge in [-0.1, -0.05) is 12.5 Å². The first-order chi connectivity index (χ1) is 4.81. The Bertz CT molecular complexity index is 179. The molecule has 0 amide bonds. The molecule has 3 nitrogen and oxygen atoms in total. The normalized spacial score (nSPS) is 6.64. The summed E-state index contributed by atoms with van der Waals surface area (Å²) in [6.45, 7) is 2.52. The minimum absolute atomic E-state index is 0. The maximum Gasteiger partial charge on any atom is 0.0297 e. The van der Waals surface area contributed by atoms with Gasteiger partial charge in [-0.15, -0.1) is 0 Å². The van der Waals surface area contributed by atoms with E-state index in [4.69, 9.17) is 9.90 Å². The second kappa shape index (κ2) is 9.24. The monoisotopic (exact) mass is 202 g/mol. The molecule has 0 fully saturated rings. The van der Waals surface area contributed by atoms with Crippen LogP contribution in [0, 0.1) is 6.92 Å². The van der Waals surface area contributed by atoms with E-state index in [-0.39, 0.29) is 19.5 Å². The Hall–Kier alpha value is -0.757. The van der Waals surface area contributed by atoms with Crippen molar-refractivity contribution in [1.29, 1.82) is 0 Å². The van der Waals surface area contributed by atoms with Crippen LogP contribution in [0.25, 0.3) is 0 Å². The first-order valence-corrected chi connectivity index (χ1v) is 2.69. The molecule has 1 rings (SSSR count). The van der Waals surface area contributed by atoms with Crippen LogP contribution < -0.4 is 0 Å². The summed E-state index contributed by atoms with van der Waals surface area (Å²) in [7, 11) is 0. The van der Waals surface area contributed by atoms with Gasteiger partial charge in [-0.25, -0.2) is 0 Å². The zero-order valence-electron chi connectivity index (χ0n) is 6.32. The predicted molar refractivity (Wildman–Crippen MR) is 37.3 cm³/mol. The van der Waals surface area contributed by atoms with Gasteiger partial charge in [0.1, 0.15) is 0 Å². The van der Waals surface area contributed by atoms with Crippen molar-refractivity contribution in [2.45, 2.75) is 6.92 Å². The minimum Gasteiger partial charge on any atom is -0.665 e. The van der Waals surface area contributed by atoms with Crippen molar-refractivity contribution in [3.63, 3.8) is 0 Å². The quantitative estimate of drug-likeness (QED) is 0.506. The summed E-state index contributed by atoms with van der Waals surface area (Å²) in [4.78, 5) is 12.1. The van der Waals surface area contributed by atoms with Crippen molar-refractivity contribution >= 4 is 6.47 Å². The van der Waals surface area contributed by atoms with E-state index in [1.165, 1.54) is 5.56 Å². The van der Waals surface area contributed by atoms with E-state index in [1.54, 1.807) is 6.20 Å². The molecule has 0 radical (unpaired) electrons. The van der Waals surface area contributed by atoms with E-state index in [2.05, 4.69) is 4.98 Å². The molecule has 0 bridgehead atoms. The number of hydrogen-bond donors (Lipinski definition) is 1. The molecular formula is C7H8NO2Zn-. The summed E-state index contributed by atoms with van der Waals surface area (Å²) >= 11 is 0. The molecule has 0 saturated carbocycles. The van der Waals surface area contributed by atoms with Gasteiger partial charge in [0.15, 0.2) is 0 Å². The summed E-state index contributed by atoms with van der Waals surface area (Å²) in [6.07, 6.45) is 3.60. The third-order valence-electron chi connectivity index (χ3n) is 0.809. The van der Waals surface area contributed by atoms with Crippen LogP contribution in [0.15, 0.2) is 24.5 Å². The Morgan fingerprint density at radius 2 is 2.18 bits per heavy atom. The molecule has 0 saturated heterocycles. The molecule has 1 aromatic rings. The molecule has 0 unspecified atom stereocenters. The molecule has 4 heteroatoms. The molecule has 1 aromatic heterocycles. The topological polar surface area (TPSA) is 50.2 Å². The van der Waals surface area contributed by atoms with Crippen LogP contribution in [0.1, 0.15) is 5.56 Å². The van der Waals surface area contributed by atoms with Crippen molar-refractivity contribution in [1.82, 2.24) is 4.98 Å². The van der Waals surface area contributed by atoms with Gasteiger partial charge in [0, 0.05) is 31.9 Å². The van der Waals surface area contributed by atoms with Crippen molar-refractivity contribution < 1.29 is 29.4 Å². The number of hydrogen-bond acceptors (Lipinski definition) is 2. The molecule has 0 aliphatic carbocycles. The van der Waals surface area contributed by atoms with Crippen LogP contribution in [0.4, 0.5) is 0 Å². The van der Waals surface area contributed by atoms with Crippen molar-refractivity contribution in [2.24, 2.45) is 0 Å². The van der Waals surface area contributed by atoms with E-state index in [1.807, 2.05) is 25.3 Å². The van der Waals surface area contributed by atoms with Crippen LogP contribution in [0.5, 0.6) is 0 Å². The molecule has 0 aliphatic heterocycles.